The Kier molecular flexibility index (Phi) is 4.57. The molecule has 0 saturated heterocycles. The Bertz CT molecular complexity index is 1270. The van der Waals surface area contributed by atoms with E-state index in [-0.39, 0.29) is 11.1 Å². The third kappa shape index (κ3) is 3.35. The minimum absolute atomic E-state index is 0.227. The summed E-state index contributed by atoms with van der Waals surface area (Å²) in [5.41, 5.74) is 2.34. The molecular formula is C22H17N5O3. The predicted octanol–water partition coefficient (Wildman–Crippen LogP) is 3.41. The van der Waals surface area contributed by atoms with Gasteiger partial charge in [-0.25, -0.2) is 4.68 Å². The molecule has 1 aliphatic carbocycles. The normalized spacial score (nSPS) is 15.5. The Morgan fingerprint density at radius 3 is 2.77 bits per heavy atom. The number of rotatable bonds is 4. The van der Waals surface area contributed by atoms with Crippen LogP contribution < -0.4 is 5.43 Å². The lowest BCUT2D eigenvalue weighted by Crippen LogP contribution is -2.16. The monoisotopic (exact) mass is 399 g/mol. The SMILES string of the molecule is O=c1ccn(-c2ccncc2)nc1-c1ccnn1C1=COC=C(C2=CC=CCC2)O1. The highest BCUT2D eigenvalue weighted by Gasteiger charge is 2.21. The molecule has 3 aromatic rings. The van der Waals surface area contributed by atoms with Crippen LogP contribution >= 0.6 is 0 Å². The lowest BCUT2D eigenvalue weighted by atomic mass is 10.0. The van der Waals surface area contributed by atoms with Crippen LogP contribution in [0.1, 0.15) is 12.8 Å². The van der Waals surface area contributed by atoms with Gasteiger partial charge in [-0.2, -0.15) is 14.9 Å². The van der Waals surface area contributed by atoms with Gasteiger partial charge in [0.15, 0.2) is 17.7 Å². The average molecular weight is 399 g/mol. The standard InChI is InChI=1S/C22H17N5O3/c28-19-9-13-26(17-6-10-23-11-7-17)25-22(19)18-8-12-24-27(18)21-15-29-14-20(30-21)16-4-2-1-3-5-16/h1-2,4,6-15H,3,5H2. The van der Waals surface area contributed by atoms with Crippen molar-refractivity contribution in [3.8, 4) is 17.1 Å². The van der Waals surface area contributed by atoms with Gasteiger partial charge in [-0.05, 0) is 36.6 Å². The lowest BCUT2D eigenvalue weighted by molar-refractivity contribution is 0.265. The maximum atomic E-state index is 12.6. The van der Waals surface area contributed by atoms with E-state index in [9.17, 15) is 4.79 Å². The maximum Gasteiger partial charge on any atom is 0.257 e. The fourth-order valence-corrected chi connectivity index (χ4v) is 3.24. The van der Waals surface area contributed by atoms with Crippen molar-refractivity contribution < 1.29 is 9.47 Å². The smallest absolute Gasteiger partial charge is 0.257 e. The van der Waals surface area contributed by atoms with Crippen LogP contribution in [0.25, 0.3) is 23.0 Å². The van der Waals surface area contributed by atoms with Crippen LogP contribution in [0.3, 0.4) is 0 Å². The third-order valence-electron chi connectivity index (χ3n) is 4.72. The van der Waals surface area contributed by atoms with Gasteiger partial charge in [-0.1, -0.05) is 18.2 Å². The first-order valence-electron chi connectivity index (χ1n) is 9.44. The second kappa shape index (κ2) is 7.67. The van der Waals surface area contributed by atoms with Crippen LogP contribution in [0, 0.1) is 0 Å². The second-order valence-electron chi connectivity index (χ2n) is 6.64. The molecule has 8 nitrogen and oxygen atoms in total. The highest BCUT2D eigenvalue weighted by atomic mass is 16.6. The van der Waals surface area contributed by atoms with E-state index in [1.54, 1.807) is 41.8 Å². The van der Waals surface area contributed by atoms with E-state index in [0.29, 0.717) is 17.3 Å². The Morgan fingerprint density at radius 1 is 1.03 bits per heavy atom. The topological polar surface area (TPSA) is 84.1 Å². The Balaban J connectivity index is 1.50. The summed E-state index contributed by atoms with van der Waals surface area (Å²) in [6.45, 7) is 0. The molecule has 8 heteroatoms. The molecule has 1 aliphatic heterocycles. The zero-order chi connectivity index (χ0) is 20.3. The zero-order valence-electron chi connectivity index (χ0n) is 15.9. The zero-order valence-corrected chi connectivity index (χ0v) is 15.9. The molecule has 5 rings (SSSR count). The quantitative estimate of drug-likeness (QED) is 0.669. The highest BCUT2D eigenvalue weighted by molar-refractivity contribution is 5.59. The summed E-state index contributed by atoms with van der Waals surface area (Å²) in [6.07, 6.45) is 17.5. The van der Waals surface area contributed by atoms with E-state index in [1.165, 1.54) is 17.0 Å². The molecule has 0 amide bonds. The summed E-state index contributed by atoms with van der Waals surface area (Å²) in [5.74, 6) is 0.969. The molecule has 0 unspecified atom stereocenters. The molecule has 0 spiro atoms. The van der Waals surface area contributed by atoms with Crippen LogP contribution in [-0.2, 0) is 9.47 Å². The first kappa shape index (κ1) is 17.9. The molecule has 0 fully saturated rings. The minimum atomic E-state index is -0.227. The molecule has 148 valence electrons. The molecule has 0 radical (unpaired) electrons. The Hall–Kier alpha value is -4.20. The van der Waals surface area contributed by atoms with Gasteiger partial charge in [-0.3, -0.25) is 9.78 Å². The molecule has 3 aromatic heterocycles. The van der Waals surface area contributed by atoms with Crippen LogP contribution in [-0.4, -0.2) is 24.5 Å². The van der Waals surface area contributed by atoms with Gasteiger partial charge < -0.3 is 9.47 Å². The van der Waals surface area contributed by atoms with E-state index in [1.807, 2.05) is 24.3 Å². The van der Waals surface area contributed by atoms with E-state index in [4.69, 9.17) is 9.47 Å². The first-order valence-corrected chi connectivity index (χ1v) is 9.44. The van der Waals surface area contributed by atoms with Crippen molar-refractivity contribution in [1.29, 1.82) is 0 Å². The van der Waals surface area contributed by atoms with Gasteiger partial charge in [0.2, 0.25) is 5.43 Å². The number of aromatic nitrogens is 5. The minimum Gasteiger partial charge on any atom is -0.463 e. The van der Waals surface area contributed by atoms with Gasteiger partial charge >= 0.3 is 0 Å². The van der Waals surface area contributed by atoms with Gasteiger partial charge in [0.1, 0.15) is 12.0 Å². The molecule has 30 heavy (non-hydrogen) atoms. The maximum absolute atomic E-state index is 12.6. The molecule has 2 aliphatic rings. The fraction of sp³-hybridized carbons (Fsp3) is 0.0909. The average Bonchev–Trinajstić information content (AvgIpc) is 3.30. The molecule has 0 N–H and O–H groups in total. The van der Waals surface area contributed by atoms with Gasteiger partial charge in [0, 0.05) is 24.7 Å². The number of allylic oxidation sites excluding steroid dienone is 4. The molecule has 0 atom stereocenters. The van der Waals surface area contributed by atoms with Crippen LogP contribution in [0.2, 0.25) is 0 Å². The highest BCUT2D eigenvalue weighted by Crippen LogP contribution is 2.29. The number of hydrogen-bond donors (Lipinski definition) is 0. The van der Waals surface area contributed by atoms with E-state index in [0.717, 1.165) is 24.1 Å². The Morgan fingerprint density at radius 2 is 1.93 bits per heavy atom. The fourth-order valence-electron chi connectivity index (χ4n) is 3.24. The first-order chi connectivity index (χ1) is 14.8. The van der Waals surface area contributed by atoms with Crippen LogP contribution in [0.4, 0.5) is 0 Å². The summed E-state index contributed by atoms with van der Waals surface area (Å²) in [6, 6.07) is 6.80. The largest absolute Gasteiger partial charge is 0.463 e. The van der Waals surface area contributed by atoms with Gasteiger partial charge in [0.05, 0.1) is 11.9 Å². The van der Waals surface area contributed by atoms with Gasteiger partial charge in [0.25, 0.3) is 5.88 Å². The number of ether oxygens (including phenoxy) is 2. The third-order valence-corrected chi connectivity index (χ3v) is 4.72. The number of pyridine rings is 1. The number of hydrogen-bond acceptors (Lipinski definition) is 6. The summed E-state index contributed by atoms with van der Waals surface area (Å²) in [7, 11) is 0. The van der Waals surface area contributed by atoms with Crippen molar-refractivity contribution in [3.63, 3.8) is 0 Å². The molecule has 0 saturated carbocycles. The van der Waals surface area contributed by atoms with E-state index < -0.39 is 0 Å². The Labute approximate surface area is 171 Å². The van der Waals surface area contributed by atoms with Crippen molar-refractivity contribution in [2.45, 2.75) is 12.8 Å². The van der Waals surface area contributed by atoms with Crippen LogP contribution in [0.5, 0.6) is 0 Å². The summed E-state index contributed by atoms with van der Waals surface area (Å²) >= 11 is 0. The van der Waals surface area contributed by atoms with Crippen molar-refractivity contribution in [1.82, 2.24) is 24.5 Å². The molecule has 4 heterocycles. The predicted molar refractivity (Wildman–Crippen MR) is 110 cm³/mol. The van der Waals surface area contributed by atoms with Crippen molar-refractivity contribution in [2.75, 3.05) is 0 Å². The molecule has 0 aromatic carbocycles. The van der Waals surface area contributed by atoms with E-state index >= 15 is 0 Å². The molecule has 0 bridgehead atoms. The van der Waals surface area contributed by atoms with Crippen molar-refractivity contribution in [2.24, 2.45) is 0 Å². The lowest BCUT2D eigenvalue weighted by Gasteiger charge is -2.20. The van der Waals surface area contributed by atoms with Crippen molar-refractivity contribution >= 4 is 5.88 Å². The summed E-state index contributed by atoms with van der Waals surface area (Å²) < 4.78 is 14.7. The van der Waals surface area contributed by atoms with E-state index in [2.05, 4.69) is 21.3 Å². The summed E-state index contributed by atoms with van der Waals surface area (Å²) in [4.78, 5) is 16.6. The van der Waals surface area contributed by atoms with Crippen molar-refractivity contribution in [3.05, 3.63) is 101 Å². The second-order valence-corrected chi connectivity index (χ2v) is 6.64. The molecular weight excluding hydrogens is 382 g/mol. The summed E-state index contributed by atoms with van der Waals surface area (Å²) in [5, 5.41) is 8.83. The number of nitrogens with zero attached hydrogens (tertiary/aromatic N) is 5. The van der Waals surface area contributed by atoms with Crippen LogP contribution in [0.15, 0.2) is 95.9 Å². The van der Waals surface area contributed by atoms with Gasteiger partial charge in [-0.15, -0.1) is 0 Å².